The summed E-state index contributed by atoms with van der Waals surface area (Å²) in [7, 11) is 0. The van der Waals surface area contributed by atoms with Gasteiger partial charge in [0.25, 0.3) is 0 Å². The molecule has 0 unspecified atom stereocenters. The van der Waals surface area contributed by atoms with Crippen molar-refractivity contribution < 1.29 is 0 Å². The molecule has 0 fully saturated rings. The van der Waals surface area contributed by atoms with Gasteiger partial charge < -0.3 is 0 Å². The number of hydrogen-bond acceptors (Lipinski definition) is 0. The fourth-order valence-corrected chi connectivity index (χ4v) is 5.24. The minimum atomic E-state index is -0.106. The van der Waals surface area contributed by atoms with Crippen LogP contribution in [0.3, 0.4) is 0 Å². The Kier molecular flexibility index (Phi) is 6.56. The number of hydrogen-bond donors (Lipinski definition) is 0. The van der Waals surface area contributed by atoms with E-state index < -0.39 is 0 Å². The van der Waals surface area contributed by atoms with Crippen LogP contribution in [-0.4, -0.2) is 0 Å². The molecule has 0 bridgehead atoms. The number of allylic oxidation sites excluding steroid dienone is 4. The fourth-order valence-electron chi connectivity index (χ4n) is 4.52. The Morgan fingerprint density at radius 3 is 0.882 bits per heavy atom. The van der Waals surface area contributed by atoms with Crippen LogP contribution in [0, 0.1) is 7.14 Å². The van der Waals surface area contributed by atoms with Crippen LogP contribution in [-0.2, 0) is 10.8 Å². The third-order valence-electron chi connectivity index (χ3n) is 6.92. The third kappa shape index (κ3) is 4.80. The number of rotatable bonds is 4. The molecule has 2 heteroatoms. The highest BCUT2D eigenvalue weighted by Gasteiger charge is 2.30. The first kappa shape index (κ1) is 23.6. The van der Waals surface area contributed by atoms with E-state index in [1.807, 2.05) is 0 Å². The third-order valence-corrected chi connectivity index (χ3v) is 8.36. The smallest absolute Gasteiger partial charge is 0.0284 e. The van der Waals surface area contributed by atoms with E-state index in [2.05, 4.69) is 180 Å². The summed E-state index contributed by atoms with van der Waals surface area (Å²) in [6.07, 6.45) is 9.44. The monoisotopic (exact) mass is 664 g/mol. The van der Waals surface area contributed by atoms with E-state index in [9.17, 15) is 0 Å². The molecular weight excluding hydrogens is 638 g/mol. The van der Waals surface area contributed by atoms with E-state index in [1.165, 1.54) is 40.5 Å². The molecule has 0 saturated heterocycles. The van der Waals surface area contributed by atoms with Crippen LogP contribution in [0.2, 0.25) is 0 Å². The lowest BCUT2D eigenvalue weighted by atomic mass is 9.70. The Morgan fingerprint density at radius 1 is 0.382 bits per heavy atom. The summed E-state index contributed by atoms with van der Waals surface area (Å²) < 4.78 is 2.52. The van der Waals surface area contributed by atoms with Crippen LogP contribution < -0.4 is 0 Å². The van der Waals surface area contributed by atoms with E-state index in [-0.39, 0.29) is 10.8 Å². The quantitative estimate of drug-likeness (QED) is 0.151. The van der Waals surface area contributed by atoms with Gasteiger partial charge in [-0.1, -0.05) is 97.1 Å². The molecule has 0 atom stereocenters. The van der Waals surface area contributed by atoms with Gasteiger partial charge in [0, 0.05) is 18.0 Å². The maximum Gasteiger partial charge on any atom is 0.0284 e. The molecule has 0 radical (unpaired) electrons. The van der Waals surface area contributed by atoms with E-state index in [0.717, 1.165) is 0 Å². The van der Waals surface area contributed by atoms with Gasteiger partial charge in [0.15, 0.2) is 0 Å². The molecule has 0 saturated carbocycles. The highest BCUT2D eigenvalue weighted by molar-refractivity contribution is 14.1. The molecule has 0 amide bonds. The van der Waals surface area contributed by atoms with Crippen LogP contribution in [0.25, 0.3) is 22.3 Å². The molecule has 1 aliphatic carbocycles. The lowest BCUT2D eigenvalue weighted by Gasteiger charge is -2.33. The fraction of sp³-hybridized carbons (Fsp3) is 0.125. The first-order chi connectivity index (χ1) is 16.3. The van der Waals surface area contributed by atoms with Crippen LogP contribution in [0.1, 0.15) is 25.0 Å². The van der Waals surface area contributed by atoms with Gasteiger partial charge in [-0.15, -0.1) is 0 Å². The minimum absolute atomic E-state index is 0.106. The summed E-state index contributed by atoms with van der Waals surface area (Å²) in [4.78, 5) is 0. The van der Waals surface area contributed by atoms with Gasteiger partial charge in [-0.2, -0.15) is 0 Å². The molecular formula is C32H26I2. The summed E-state index contributed by atoms with van der Waals surface area (Å²) in [6, 6.07) is 35.4. The zero-order chi connectivity index (χ0) is 23.8. The van der Waals surface area contributed by atoms with Crippen molar-refractivity contribution in [3.8, 4) is 22.3 Å². The molecule has 0 nitrogen and oxygen atoms in total. The van der Waals surface area contributed by atoms with E-state index in [1.54, 1.807) is 0 Å². The van der Waals surface area contributed by atoms with Crippen LogP contribution in [0.15, 0.2) is 121 Å². The first-order valence-electron chi connectivity index (χ1n) is 11.5. The van der Waals surface area contributed by atoms with E-state index in [0.29, 0.717) is 0 Å². The molecule has 0 spiro atoms. The molecule has 0 N–H and O–H groups in total. The highest BCUT2D eigenvalue weighted by Crippen LogP contribution is 2.39. The van der Waals surface area contributed by atoms with Crippen LogP contribution in [0.4, 0.5) is 0 Å². The maximum absolute atomic E-state index is 2.36. The second kappa shape index (κ2) is 9.46. The molecule has 34 heavy (non-hydrogen) atoms. The van der Waals surface area contributed by atoms with Gasteiger partial charge >= 0.3 is 0 Å². The summed E-state index contributed by atoms with van der Waals surface area (Å²) in [5.74, 6) is 0. The predicted molar refractivity (Wildman–Crippen MR) is 162 cm³/mol. The van der Waals surface area contributed by atoms with Gasteiger partial charge in [0.05, 0.1) is 0 Å². The summed E-state index contributed by atoms with van der Waals surface area (Å²) in [6.45, 7) is 4.58. The average molecular weight is 664 g/mol. The maximum atomic E-state index is 2.36. The molecule has 1 aliphatic rings. The zero-order valence-electron chi connectivity index (χ0n) is 19.3. The largest absolute Gasteiger partial charge is 0.0733 e. The van der Waals surface area contributed by atoms with Gasteiger partial charge in [-0.25, -0.2) is 0 Å². The first-order valence-corrected chi connectivity index (χ1v) is 13.6. The number of halogens is 2. The molecule has 4 aromatic carbocycles. The lowest BCUT2D eigenvalue weighted by molar-refractivity contribution is 0.664. The van der Waals surface area contributed by atoms with Crippen molar-refractivity contribution in [3.05, 3.63) is 140 Å². The van der Waals surface area contributed by atoms with Crippen molar-refractivity contribution in [3.63, 3.8) is 0 Å². The van der Waals surface area contributed by atoms with Crippen LogP contribution >= 0.6 is 45.2 Å². The summed E-state index contributed by atoms with van der Waals surface area (Å²) in [5, 5.41) is 0. The molecule has 0 heterocycles. The summed E-state index contributed by atoms with van der Waals surface area (Å²) >= 11 is 4.70. The van der Waals surface area contributed by atoms with Gasteiger partial charge in [0.1, 0.15) is 0 Å². The van der Waals surface area contributed by atoms with E-state index in [4.69, 9.17) is 0 Å². The van der Waals surface area contributed by atoms with Crippen molar-refractivity contribution >= 4 is 45.2 Å². The van der Waals surface area contributed by atoms with Crippen molar-refractivity contribution in [2.75, 3.05) is 0 Å². The second-order valence-corrected chi connectivity index (χ2v) is 11.9. The molecule has 4 aromatic rings. The topological polar surface area (TPSA) is 0 Å². The SMILES string of the molecule is CC1(c2ccc(-c3ccc(I)cc3)cc2)C=CC(C)(c2ccc(-c3ccc(I)cc3)cc2)C=C1. The molecule has 5 rings (SSSR count). The van der Waals surface area contributed by atoms with Crippen LogP contribution in [0.5, 0.6) is 0 Å². The standard InChI is InChI=1S/C32H26I2/c1-31(27-11-3-23(4-12-27)25-7-15-29(33)16-8-25)19-21-32(2,22-20-31)28-13-5-24(6-14-28)26-9-17-30(34)18-10-26/h3-22H,1-2H3. The Balaban J connectivity index is 1.35. The van der Waals surface area contributed by atoms with Gasteiger partial charge in [-0.05, 0) is 117 Å². The average Bonchev–Trinajstić information content (AvgIpc) is 2.87. The van der Waals surface area contributed by atoms with Crippen molar-refractivity contribution in [2.45, 2.75) is 24.7 Å². The summed E-state index contributed by atoms with van der Waals surface area (Å²) in [5.41, 5.74) is 7.43. The highest BCUT2D eigenvalue weighted by atomic mass is 127. The zero-order valence-corrected chi connectivity index (χ0v) is 23.6. The predicted octanol–water partition coefficient (Wildman–Crippen LogP) is 9.57. The van der Waals surface area contributed by atoms with E-state index >= 15 is 0 Å². The molecule has 168 valence electrons. The van der Waals surface area contributed by atoms with Gasteiger partial charge in [-0.3, -0.25) is 0 Å². The Hall–Kier alpha value is -2.18. The van der Waals surface area contributed by atoms with Gasteiger partial charge in [0.2, 0.25) is 0 Å². The number of benzene rings is 4. The lowest BCUT2D eigenvalue weighted by Crippen LogP contribution is -2.26. The Labute approximate surface area is 230 Å². The van der Waals surface area contributed by atoms with Crippen molar-refractivity contribution in [1.29, 1.82) is 0 Å². The Bertz CT molecular complexity index is 1220. The van der Waals surface area contributed by atoms with Crippen molar-refractivity contribution in [2.24, 2.45) is 0 Å². The normalized spacial score (nSPS) is 21.5. The molecule has 0 aromatic heterocycles. The second-order valence-electron chi connectivity index (χ2n) is 9.40. The molecule has 0 aliphatic heterocycles. The van der Waals surface area contributed by atoms with Crippen molar-refractivity contribution in [1.82, 2.24) is 0 Å². The minimum Gasteiger partial charge on any atom is -0.0733 e. The Morgan fingerprint density at radius 2 is 0.618 bits per heavy atom.